The van der Waals surface area contributed by atoms with E-state index in [1.807, 2.05) is 6.07 Å². The minimum absolute atomic E-state index is 0.00189. The summed E-state index contributed by atoms with van der Waals surface area (Å²) in [6.07, 6.45) is -2.50. The van der Waals surface area contributed by atoms with Crippen molar-refractivity contribution in [3.63, 3.8) is 0 Å². The van der Waals surface area contributed by atoms with E-state index in [2.05, 4.69) is 4.99 Å². The molecule has 0 amide bonds. The van der Waals surface area contributed by atoms with E-state index in [1.165, 1.54) is 24.3 Å². The highest BCUT2D eigenvalue weighted by atomic mass is 35.5. The number of hydrogen-bond acceptors (Lipinski definition) is 2. The molecule has 0 spiro atoms. The minimum atomic E-state index is -4.59. The quantitative estimate of drug-likeness (QED) is 0.562. The molecule has 0 aromatic heterocycles. The van der Waals surface area contributed by atoms with E-state index >= 15 is 0 Å². The van der Waals surface area contributed by atoms with Gasteiger partial charge < -0.3 is 0 Å². The van der Waals surface area contributed by atoms with Crippen molar-refractivity contribution in [2.24, 2.45) is 10.9 Å². The Hall–Kier alpha value is -1.84. The lowest BCUT2D eigenvalue weighted by atomic mass is 9.76. The van der Waals surface area contributed by atoms with Crippen LogP contribution in [0.2, 0.25) is 10.0 Å². The van der Waals surface area contributed by atoms with E-state index in [4.69, 9.17) is 28.5 Å². The van der Waals surface area contributed by atoms with E-state index < -0.39 is 36.3 Å². The average molecular weight is 403 g/mol. The van der Waals surface area contributed by atoms with Crippen LogP contribution in [0, 0.1) is 17.2 Å². The summed E-state index contributed by atoms with van der Waals surface area (Å²) >= 11 is 11.8. The molecule has 1 aliphatic carbocycles. The predicted molar refractivity (Wildman–Crippen MR) is 92.1 cm³/mol. The lowest BCUT2D eigenvalue weighted by Gasteiger charge is -2.32. The van der Waals surface area contributed by atoms with Gasteiger partial charge in [0.1, 0.15) is 17.2 Å². The third kappa shape index (κ3) is 3.26. The van der Waals surface area contributed by atoms with Crippen LogP contribution in [-0.2, 0) is 5.41 Å². The van der Waals surface area contributed by atoms with Gasteiger partial charge in [-0.1, -0.05) is 29.3 Å². The van der Waals surface area contributed by atoms with Gasteiger partial charge in [0.2, 0.25) is 0 Å². The largest absolute Gasteiger partial charge is 0.400 e. The Morgan fingerprint density at radius 1 is 1.15 bits per heavy atom. The monoisotopic (exact) mass is 402 g/mol. The molecular formula is C18H12Cl2F4N2. The number of benzene rings is 1. The van der Waals surface area contributed by atoms with Crippen LogP contribution >= 0.6 is 23.2 Å². The van der Waals surface area contributed by atoms with Crippen LogP contribution in [0.15, 0.2) is 46.7 Å². The highest BCUT2D eigenvalue weighted by Crippen LogP contribution is 2.49. The standard InChI is InChI=1S/C18H12Cl2F4N2/c19-13-4-12(5-14(20)6-13)17(18(22,23)24)7-16(26-9-17)10-1-2-15(21)11(3-10)8-25/h1-2,4-6,11H,3,7,9H2. The zero-order valence-corrected chi connectivity index (χ0v) is 14.8. The molecule has 0 saturated heterocycles. The molecule has 0 N–H and O–H groups in total. The third-order valence-corrected chi connectivity index (χ3v) is 5.13. The Bertz CT molecular complexity index is 860. The van der Waals surface area contributed by atoms with Crippen LogP contribution in [-0.4, -0.2) is 18.4 Å². The highest BCUT2D eigenvalue weighted by Gasteiger charge is 2.58. The Balaban J connectivity index is 1.98. The van der Waals surface area contributed by atoms with E-state index in [-0.39, 0.29) is 27.7 Å². The first-order chi connectivity index (χ1) is 12.2. The first-order valence-electron chi connectivity index (χ1n) is 7.69. The number of halogens is 6. The second kappa shape index (κ2) is 6.71. The summed E-state index contributed by atoms with van der Waals surface area (Å²) in [7, 11) is 0. The lowest BCUT2D eigenvalue weighted by molar-refractivity contribution is -0.183. The van der Waals surface area contributed by atoms with E-state index in [9.17, 15) is 17.6 Å². The summed E-state index contributed by atoms with van der Waals surface area (Å²) in [6.45, 7) is -0.511. The zero-order chi connectivity index (χ0) is 19.1. The molecule has 0 radical (unpaired) electrons. The maximum atomic E-state index is 14.0. The Morgan fingerprint density at radius 2 is 1.81 bits per heavy atom. The molecule has 1 aromatic carbocycles. The van der Waals surface area contributed by atoms with Crippen molar-refractivity contribution in [2.75, 3.05) is 6.54 Å². The topological polar surface area (TPSA) is 36.1 Å². The molecule has 1 heterocycles. The van der Waals surface area contributed by atoms with Gasteiger partial charge in [0.25, 0.3) is 0 Å². The van der Waals surface area contributed by atoms with Crippen LogP contribution < -0.4 is 0 Å². The van der Waals surface area contributed by atoms with Crippen LogP contribution in [0.25, 0.3) is 0 Å². The smallest absolute Gasteiger partial charge is 0.288 e. The van der Waals surface area contributed by atoms with Crippen LogP contribution in [0.1, 0.15) is 18.4 Å². The van der Waals surface area contributed by atoms with Gasteiger partial charge in [-0.3, -0.25) is 4.99 Å². The summed E-state index contributed by atoms with van der Waals surface area (Å²) < 4.78 is 55.6. The summed E-state index contributed by atoms with van der Waals surface area (Å²) in [5, 5.41) is 9.20. The number of rotatable bonds is 2. The van der Waals surface area contributed by atoms with Gasteiger partial charge in [-0.15, -0.1) is 0 Å². The fourth-order valence-corrected chi connectivity index (χ4v) is 3.75. The number of allylic oxidation sites excluding steroid dienone is 4. The molecular weight excluding hydrogens is 391 g/mol. The van der Waals surface area contributed by atoms with Gasteiger partial charge in [-0.05, 0) is 41.8 Å². The highest BCUT2D eigenvalue weighted by molar-refractivity contribution is 6.34. The van der Waals surface area contributed by atoms with Gasteiger partial charge >= 0.3 is 6.18 Å². The van der Waals surface area contributed by atoms with Crippen LogP contribution in [0.4, 0.5) is 17.6 Å². The SMILES string of the molecule is N#CC1CC(C2=NCC(c3cc(Cl)cc(Cl)c3)(C(F)(F)F)C2)=CC=C1F. The summed E-state index contributed by atoms with van der Waals surface area (Å²) in [4.78, 5) is 4.09. The summed E-state index contributed by atoms with van der Waals surface area (Å²) in [5.74, 6) is -1.60. The molecule has 2 aliphatic rings. The number of aliphatic imine (C=N–C) groups is 1. The molecule has 2 atom stereocenters. The molecule has 2 unspecified atom stereocenters. The number of nitrogens with zero attached hydrogens (tertiary/aromatic N) is 2. The fourth-order valence-electron chi connectivity index (χ4n) is 3.22. The van der Waals surface area contributed by atoms with Crippen molar-refractivity contribution in [3.05, 3.63) is 57.4 Å². The molecule has 2 nitrogen and oxygen atoms in total. The molecule has 0 saturated carbocycles. The number of alkyl halides is 3. The first kappa shape index (κ1) is 18.9. The molecule has 1 aliphatic heterocycles. The van der Waals surface area contributed by atoms with Gasteiger partial charge in [0.05, 0.1) is 12.6 Å². The molecule has 1 aromatic rings. The van der Waals surface area contributed by atoms with E-state index in [0.29, 0.717) is 5.57 Å². The van der Waals surface area contributed by atoms with Crippen molar-refractivity contribution in [3.8, 4) is 6.07 Å². The molecule has 0 bridgehead atoms. The number of hydrogen-bond donors (Lipinski definition) is 0. The predicted octanol–water partition coefficient (Wildman–Crippen LogP) is 5.96. The zero-order valence-electron chi connectivity index (χ0n) is 13.2. The second-order valence-corrected chi connectivity index (χ2v) is 7.18. The van der Waals surface area contributed by atoms with Gasteiger partial charge in [-0.25, -0.2) is 4.39 Å². The second-order valence-electron chi connectivity index (χ2n) is 6.31. The van der Waals surface area contributed by atoms with Gasteiger partial charge in [0.15, 0.2) is 0 Å². The Labute approximate surface area is 157 Å². The molecule has 0 fully saturated rings. The Morgan fingerprint density at radius 3 is 2.38 bits per heavy atom. The number of nitriles is 1. The Kier molecular flexibility index (Phi) is 4.89. The summed E-state index contributed by atoms with van der Waals surface area (Å²) in [5.41, 5.74) is -1.64. The molecule has 136 valence electrons. The third-order valence-electron chi connectivity index (χ3n) is 4.69. The maximum absolute atomic E-state index is 14.0. The molecule has 26 heavy (non-hydrogen) atoms. The van der Waals surface area contributed by atoms with E-state index in [1.54, 1.807) is 0 Å². The van der Waals surface area contributed by atoms with Crippen molar-refractivity contribution >= 4 is 28.9 Å². The van der Waals surface area contributed by atoms with E-state index in [0.717, 1.165) is 6.08 Å². The van der Waals surface area contributed by atoms with Crippen LogP contribution in [0.3, 0.4) is 0 Å². The molecule has 3 rings (SSSR count). The molecule has 8 heteroatoms. The van der Waals surface area contributed by atoms with Crippen molar-refractivity contribution in [1.29, 1.82) is 5.26 Å². The van der Waals surface area contributed by atoms with Crippen molar-refractivity contribution in [2.45, 2.75) is 24.4 Å². The van der Waals surface area contributed by atoms with Crippen molar-refractivity contribution < 1.29 is 17.6 Å². The fraction of sp³-hybridized carbons (Fsp3) is 0.333. The average Bonchev–Trinajstić information content (AvgIpc) is 3.01. The lowest BCUT2D eigenvalue weighted by Crippen LogP contribution is -2.43. The summed E-state index contributed by atoms with van der Waals surface area (Å²) in [6, 6.07) is 5.66. The van der Waals surface area contributed by atoms with Gasteiger partial charge in [0, 0.05) is 22.2 Å². The normalized spacial score (nSPS) is 26.0. The van der Waals surface area contributed by atoms with Crippen LogP contribution in [0.5, 0.6) is 0 Å². The van der Waals surface area contributed by atoms with Gasteiger partial charge in [-0.2, -0.15) is 18.4 Å². The first-order valence-corrected chi connectivity index (χ1v) is 8.45. The van der Waals surface area contributed by atoms with Crippen molar-refractivity contribution in [1.82, 2.24) is 0 Å². The maximum Gasteiger partial charge on any atom is 0.400 e. The minimum Gasteiger partial charge on any atom is -0.288 e.